The first kappa shape index (κ1) is 17.3. The fourth-order valence-corrected chi connectivity index (χ4v) is 2.81. The highest BCUT2D eigenvalue weighted by atomic mass is 79.9. The highest BCUT2D eigenvalue weighted by molar-refractivity contribution is 9.10. The molecule has 1 aliphatic rings. The second-order valence-electron chi connectivity index (χ2n) is 5.20. The van der Waals surface area contributed by atoms with Crippen molar-refractivity contribution in [1.82, 2.24) is 0 Å². The van der Waals surface area contributed by atoms with Crippen molar-refractivity contribution in [3.8, 4) is 11.5 Å². The molecule has 1 aliphatic heterocycles. The standard InChI is InChI=1S/C18H16BrNO5/c1-3-6-24-16-12(19)8-11(10-15(16)22-2)9-13-18(21)25-17(20-13)14-5-4-7-23-14/h4-5,7-10H,3,6H2,1-2H3/b13-9-. The fourth-order valence-electron chi connectivity index (χ4n) is 2.24. The third-order valence-electron chi connectivity index (χ3n) is 3.36. The van der Waals surface area contributed by atoms with E-state index in [9.17, 15) is 4.79 Å². The molecule has 0 atom stereocenters. The average Bonchev–Trinajstić information content (AvgIpc) is 3.24. The second kappa shape index (κ2) is 7.57. The van der Waals surface area contributed by atoms with E-state index in [1.54, 1.807) is 31.4 Å². The van der Waals surface area contributed by atoms with E-state index >= 15 is 0 Å². The van der Waals surface area contributed by atoms with E-state index in [1.807, 2.05) is 13.0 Å². The number of esters is 1. The van der Waals surface area contributed by atoms with Crippen LogP contribution in [-0.2, 0) is 9.53 Å². The second-order valence-corrected chi connectivity index (χ2v) is 6.05. The van der Waals surface area contributed by atoms with Crippen LogP contribution in [-0.4, -0.2) is 25.6 Å². The van der Waals surface area contributed by atoms with Gasteiger partial charge >= 0.3 is 5.97 Å². The minimum absolute atomic E-state index is 0.148. The number of carbonyl (C=O) groups excluding carboxylic acids is 1. The monoisotopic (exact) mass is 405 g/mol. The predicted molar refractivity (Wildman–Crippen MR) is 95.8 cm³/mol. The highest BCUT2D eigenvalue weighted by Gasteiger charge is 2.26. The zero-order valence-electron chi connectivity index (χ0n) is 13.7. The van der Waals surface area contributed by atoms with E-state index in [0.29, 0.717) is 23.9 Å². The summed E-state index contributed by atoms with van der Waals surface area (Å²) in [6.07, 6.45) is 4.00. The van der Waals surface area contributed by atoms with Gasteiger partial charge in [0.15, 0.2) is 23.0 Å². The van der Waals surface area contributed by atoms with Gasteiger partial charge in [-0.05, 0) is 58.3 Å². The molecule has 3 rings (SSSR count). The first-order chi connectivity index (χ1) is 12.1. The fraction of sp³-hybridized carbons (Fsp3) is 0.222. The van der Waals surface area contributed by atoms with Crippen LogP contribution in [0.5, 0.6) is 11.5 Å². The molecule has 0 N–H and O–H groups in total. The summed E-state index contributed by atoms with van der Waals surface area (Å²) >= 11 is 3.48. The summed E-state index contributed by atoms with van der Waals surface area (Å²) in [5.74, 6) is 1.21. The van der Waals surface area contributed by atoms with Crippen LogP contribution in [0, 0.1) is 0 Å². The molecule has 130 valence electrons. The molecular formula is C18H16BrNO5. The highest BCUT2D eigenvalue weighted by Crippen LogP contribution is 2.37. The molecule has 0 spiro atoms. The maximum Gasteiger partial charge on any atom is 0.363 e. The number of cyclic esters (lactones) is 1. The molecule has 0 aliphatic carbocycles. The summed E-state index contributed by atoms with van der Waals surface area (Å²) in [5.41, 5.74) is 0.909. The third kappa shape index (κ3) is 3.76. The van der Waals surface area contributed by atoms with Crippen LogP contribution in [0.4, 0.5) is 0 Å². The van der Waals surface area contributed by atoms with Gasteiger partial charge in [0.05, 0.1) is 24.5 Å². The molecule has 2 heterocycles. The van der Waals surface area contributed by atoms with Gasteiger partial charge in [0.25, 0.3) is 5.90 Å². The van der Waals surface area contributed by atoms with Crippen molar-refractivity contribution in [2.24, 2.45) is 4.99 Å². The average molecular weight is 406 g/mol. The quantitative estimate of drug-likeness (QED) is 0.532. The number of carbonyl (C=O) groups is 1. The van der Waals surface area contributed by atoms with Crippen molar-refractivity contribution in [3.63, 3.8) is 0 Å². The summed E-state index contributed by atoms with van der Waals surface area (Å²) < 4.78 is 22.1. The summed E-state index contributed by atoms with van der Waals surface area (Å²) in [7, 11) is 1.56. The molecule has 1 aromatic heterocycles. The molecule has 0 bridgehead atoms. The first-order valence-electron chi connectivity index (χ1n) is 7.69. The van der Waals surface area contributed by atoms with Crippen molar-refractivity contribution in [2.75, 3.05) is 13.7 Å². The lowest BCUT2D eigenvalue weighted by Gasteiger charge is -2.13. The Morgan fingerprint density at radius 1 is 1.36 bits per heavy atom. The minimum atomic E-state index is -0.534. The predicted octanol–water partition coefficient (Wildman–Crippen LogP) is 4.18. The van der Waals surface area contributed by atoms with Gasteiger partial charge < -0.3 is 18.6 Å². The molecule has 0 saturated heterocycles. The number of ether oxygens (including phenoxy) is 3. The first-order valence-corrected chi connectivity index (χ1v) is 8.48. The number of benzene rings is 1. The van der Waals surface area contributed by atoms with Crippen molar-refractivity contribution in [2.45, 2.75) is 13.3 Å². The number of furan rings is 1. The Morgan fingerprint density at radius 3 is 2.88 bits per heavy atom. The van der Waals surface area contributed by atoms with Gasteiger partial charge in [0.2, 0.25) is 0 Å². The lowest BCUT2D eigenvalue weighted by atomic mass is 10.1. The molecule has 2 aromatic rings. The van der Waals surface area contributed by atoms with Gasteiger partial charge in [-0.15, -0.1) is 0 Å². The SMILES string of the molecule is CCCOc1c(Br)cc(/C=C2\N=C(c3ccco3)OC2=O)cc1OC. The molecular weight excluding hydrogens is 390 g/mol. The zero-order chi connectivity index (χ0) is 17.8. The van der Waals surface area contributed by atoms with Crippen LogP contribution in [0.1, 0.15) is 24.7 Å². The lowest BCUT2D eigenvalue weighted by Crippen LogP contribution is -2.04. The van der Waals surface area contributed by atoms with Crippen molar-refractivity contribution >= 4 is 33.9 Å². The van der Waals surface area contributed by atoms with E-state index in [0.717, 1.165) is 16.5 Å². The molecule has 6 nitrogen and oxygen atoms in total. The molecule has 0 radical (unpaired) electrons. The summed E-state index contributed by atoms with van der Waals surface area (Å²) in [6, 6.07) is 6.98. The number of rotatable bonds is 6. The van der Waals surface area contributed by atoms with E-state index in [-0.39, 0.29) is 11.6 Å². The summed E-state index contributed by atoms with van der Waals surface area (Å²) in [6.45, 7) is 2.61. The Balaban J connectivity index is 1.93. The molecule has 0 saturated carbocycles. The van der Waals surface area contributed by atoms with Gasteiger partial charge in [0, 0.05) is 0 Å². The molecule has 1 aromatic carbocycles. The number of nitrogens with zero attached hydrogens (tertiary/aromatic N) is 1. The number of hydrogen-bond acceptors (Lipinski definition) is 6. The van der Waals surface area contributed by atoms with Gasteiger partial charge in [0.1, 0.15) is 0 Å². The summed E-state index contributed by atoms with van der Waals surface area (Å²) in [5, 5.41) is 0. The molecule has 0 amide bonds. The smallest absolute Gasteiger partial charge is 0.363 e. The zero-order valence-corrected chi connectivity index (χ0v) is 15.3. The van der Waals surface area contributed by atoms with Crippen LogP contribution in [0.15, 0.2) is 50.1 Å². The Bertz CT molecular complexity index is 839. The van der Waals surface area contributed by atoms with Gasteiger partial charge in [-0.25, -0.2) is 9.79 Å². The Morgan fingerprint density at radius 2 is 2.20 bits per heavy atom. The number of aliphatic imine (C=N–C) groups is 1. The number of methoxy groups -OCH3 is 1. The van der Waals surface area contributed by atoms with Crippen LogP contribution < -0.4 is 9.47 Å². The van der Waals surface area contributed by atoms with Crippen molar-refractivity contribution in [3.05, 3.63) is 52.0 Å². The normalized spacial score (nSPS) is 15.2. The Hall–Kier alpha value is -2.54. The van der Waals surface area contributed by atoms with E-state index in [2.05, 4.69) is 20.9 Å². The van der Waals surface area contributed by atoms with E-state index in [1.165, 1.54) is 6.26 Å². The maximum atomic E-state index is 12.0. The van der Waals surface area contributed by atoms with Gasteiger partial charge in [-0.2, -0.15) is 0 Å². The number of halogens is 1. The maximum absolute atomic E-state index is 12.0. The molecule has 0 unspecified atom stereocenters. The molecule has 0 fully saturated rings. The van der Waals surface area contributed by atoms with Crippen LogP contribution in [0.25, 0.3) is 6.08 Å². The third-order valence-corrected chi connectivity index (χ3v) is 3.95. The van der Waals surface area contributed by atoms with Crippen LogP contribution in [0.2, 0.25) is 0 Å². The lowest BCUT2D eigenvalue weighted by molar-refractivity contribution is -0.130. The Labute approximate surface area is 153 Å². The molecule has 25 heavy (non-hydrogen) atoms. The van der Waals surface area contributed by atoms with Crippen molar-refractivity contribution in [1.29, 1.82) is 0 Å². The van der Waals surface area contributed by atoms with E-state index < -0.39 is 5.97 Å². The largest absolute Gasteiger partial charge is 0.493 e. The van der Waals surface area contributed by atoms with E-state index in [4.69, 9.17) is 18.6 Å². The van der Waals surface area contributed by atoms with Gasteiger partial charge in [-0.1, -0.05) is 6.92 Å². The van der Waals surface area contributed by atoms with Crippen LogP contribution in [0.3, 0.4) is 0 Å². The molecule has 7 heteroatoms. The van der Waals surface area contributed by atoms with Crippen LogP contribution >= 0.6 is 15.9 Å². The number of hydrogen-bond donors (Lipinski definition) is 0. The van der Waals surface area contributed by atoms with Crippen molar-refractivity contribution < 1.29 is 23.4 Å². The summed E-state index contributed by atoms with van der Waals surface area (Å²) in [4.78, 5) is 16.2. The van der Waals surface area contributed by atoms with Gasteiger partial charge in [-0.3, -0.25) is 0 Å². The topological polar surface area (TPSA) is 70.3 Å². The Kier molecular flexibility index (Phi) is 5.23. The minimum Gasteiger partial charge on any atom is -0.493 e.